The van der Waals surface area contributed by atoms with Crippen LogP contribution in [0.1, 0.15) is 0 Å². The molecule has 0 atom stereocenters. The number of hydrogen-bond donors (Lipinski definition) is 1. The molecule has 0 aliphatic heterocycles. The maximum atomic E-state index is 13.2. The van der Waals surface area contributed by atoms with Gasteiger partial charge >= 0.3 is 0 Å². The molecule has 15 heavy (non-hydrogen) atoms. The Morgan fingerprint density at radius 3 is 2.47 bits per heavy atom. The molecule has 0 aliphatic rings. The molecule has 78 valence electrons. The van der Waals surface area contributed by atoms with Crippen molar-refractivity contribution < 1.29 is 13.2 Å². The SMILES string of the molecule is Nc1nnc(-c2cc(F)cc(F)c2F)s1. The zero-order chi connectivity index (χ0) is 11.0. The third-order valence-corrected chi connectivity index (χ3v) is 2.45. The molecule has 3 nitrogen and oxygen atoms in total. The van der Waals surface area contributed by atoms with Crippen molar-refractivity contribution in [3.05, 3.63) is 29.6 Å². The molecule has 0 spiro atoms. The smallest absolute Gasteiger partial charge is 0.203 e. The van der Waals surface area contributed by atoms with Crippen LogP contribution >= 0.6 is 11.3 Å². The van der Waals surface area contributed by atoms with E-state index in [9.17, 15) is 13.2 Å². The minimum Gasteiger partial charge on any atom is -0.374 e. The third-order valence-electron chi connectivity index (χ3n) is 1.66. The molecule has 0 unspecified atom stereocenters. The first-order chi connectivity index (χ1) is 7.08. The summed E-state index contributed by atoms with van der Waals surface area (Å²) in [6, 6.07) is 1.31. The van der Waals surface area contributed by atoms with E-state index in [2.05, 4.69) is 10.2 Å². The van der Waals surface area contributed by atoms with Crippen LogP contribution in [0.15, 0.2) is 12.1 Å². The number of aromatic nitrogens is 2. The Bertz CT molecular complexity index is 512. The van der Waals surface area contributed by atoms with Crippen molar-refractivity contribution in [2.24, 2.45) is 0 Å². The van der Waals surface area contributed by atoms with E-state index in [0.717, 1.165) is 17.4 Å². The van der Waals surface area contributed by atoms with Crippen LogP contribution in [0.2, 0.25) is 0 Å². The Morgan fingerprint density at radius 1 is 1.13 bits per heavy atom. The summed E-state index contributed by atoms with van der Waals surface area (Å²) in [6.45, 7) is 0. The molecular weight excluding hydrogens is 227 g/mol. The van der Waals surface area contributed by atoms with Gasteiger partial charge in [0.2, 0.25) is 5.13 Å². The van der Waals surface area contributed by atoms with Gasteiger partial charge in [0, 0.05) is 6.07 Å². The van der Waals surface area contributed by atoms with Crippen LogP contribution in [-0.4, -0.2) is 10.2 Å². The van der Waals surface area contributed by atoms with Gasteiger partial charge in [0.15, 0.2) is 16.6 Å². The van der Waals surface area contributed by atoms with Crippen LogP contribution < -0.4 is 5.73 Å². The van der Waals surface area contributed by atoms with E-state index in [1.165, 1.54) is 0 Å². The number of nitrogens with two attached hydrogens (primary N) is 1. The zero-order valence-electron chi connectivity index (χ0n) is 7.17. The molecule has 2 N–H and O–H groups in total. The molecule has 2 rings (SSSR count). The number of halogens is 3. The Kier molecular flexibility index (Phi) is 2.31. The standard InChI is InChI=1S/C8H4F3N3S/c9-3-1-4(6(11)5(10)2-3)7-13-14-8(12)15-7/h1-2H,(H2,12,14). The molecule has 1 heterocycles. The van der Waals surface area contributed by atoms with Gasteiger partial charge in [0.25, 0.3) is 0 Å². The molecule has 2 aromatic rings. The van der Waals surface area contributed by atoms with Gasteiger partial charge in [0.05, 0.1) is 5.56 Å². The summed E-state index contributed by atoms with van der Waals surface area (Å²) >= 11 is 0.855. The number of hydrogen-bond acceptors (Lipinski definition) is 4. The maximum absolute atomic E-state index is 13.2. The van der Waals surface area contributed by atoms with Crippen molar-refractivity contribution in [1.29, 1.82) is 0 Å². The number of benzene rings is 1. The van der Waals surface area contributed by atoms with Gasteiger partial charge < -0.3 is 5.73 Å². The fraction of sp³-hybridized carbons (Fsp3) is 0. The summed E-state index contributed by atoms with van der Waals surface area (Å²) in [5.41, 5.74) is 5.00. The number of anilines is 1. The van der Waals surface area contributed by atoms with Crippen molar-refractivity contribution in [3.8, 4) is 10.6 Å². The number of nitrogens with zero attached hydrogens (tertiary/aromatic N) is 2. The van der Waals surface area contributed by atoms with Crippen LogP contribution in [0.4, 0.5) is 18.3 Å². The number of nitrogen functional groups attached to an aromatic ring is 1. The fourth-order valence-corrected chi connectivity index (χ4v) is 1.67. The predicted octanol–water partition coefficient (Wildman–Crippen LogP) is 2.20. The van der Waals surface area contributed by atoms with E-state index in [1.807, 2.05) is 0 Å². The lowest BCUT2D eigenvalue weighted by Gasteiger charge is -1.99. The first-order valence-electron chi connectivity index (χ1n) is 3.82. The zero-order valence-corrected chi connectivity index (χ0v) is 7.99. The summed E-state index contributed by atoms with van der Waals surface area (Å²) in [4.78, 5) is 0. The minimum absolute atomic E-state index is 0.0448. The molecular formula is C8H4F3N3S. The summed E-state index contributed by atoms with van der Waals surface area (Å²) < 4.78 is 38.9. The Balaban J connectivity index is 2.62. The summed E-state index contributed by atoms with van der Waals surface area (Å²) in [5.74, 6) is -3.30. The normalized spacial score (nSPS) is 10.6. The first kappa shape index (κ1) is 9.91. The van der Waals surface area contributed by atoms with Gasteiger partial charge in [-0.2, -0.15) is 0 Å². The van der Waals surface area contributed by atoms with Gasteiger partial charge in [-0.15, -0.1) is 10.2 Å². The van der Waals surface area contributed by atoms with E-state index in [0.29, 0.717) is 6.07 Å². The topological polar surface area (TPSA) is 51.8 Å². The average Bonchev–Trinajstić information content (AvgIpc) is 2.58. The Morgan fingerprint density at radius 2 is 1.87 bits per heavy atom. The molecule has 1 aromatic heterocycles. The van der Waals surface area contributed by atoms with E-state index < -0.39 is 17.5 Å². The van der Waals surface area contributed by atoms with Gasteiger partial charge in [-0.3, -0.25) is 0 Å². The quantitative estimate of drug-likeness (QED) is 0.765. The number of rotatable bonds is 1. The van der Waals surface area contributed by atoms with Gasteiger partial charge in [-0.25, -0.2) is 13.2 Å². The van der Waals surface area contributed by atoms with Crippen molar-refractivity contribution in [2.45, 2.75) is 0 Å². The van der Waals surface area contributed by atoms with Crippen molar-refractivity contribution >= 4 is 16.5 Å². The van der Waals surface area contributed by atoms with E-state index in [1.54, 1.807) is 0 Å². The van der Waals surface area contributed by atoms with Crippen LogP contribution in [-0.2, 0) is 0 Å². The average molecular weight is 231 g/mol. The molecule has 7 heteroatoms. The third kappa shape index (κ3) is 1.78. The second-order valence-corrected chi connectivity index (χ2v) is 3.70. The van der Waals surface area contributed by atoms with E-state index in [-0.39, 0.29) is 15.7 Å². The Hall–Kier alpha value is -1.63. The summed E-state index contributed by atoms with van der Waals surface area (Å²) in [6.07, 6.45) is 0. The maximum Gasteiger partial charge on any atom is 0.203 e. The highest BCUT2D eigenvalue weighted by Gasteiger charge is 2.15. The van der Waals surface area contributed by atoms with Gasteiger partial charge in [-0.05, 0) is 6.07 Å². The van der Waals surface area contributed by atoms with E-state index >= 15 is 0 Å². The van der Waals surface area contributed by atoms with Crippen molar-refractivity contribution in [1.82, 2.24) is 10.2 Å². The molecule has 0 aliphatic carbocycles. The predicted molar refractivity (Wildman–Crippen MR) is 49.6 cm³/mol. The van der Waals surface area contributed by atoms with Gasteiger partial charge in [-0.1, -0.05) is 11.3 Å². The van der Waals surface area contributed by atoms with Crippen molar-refractivity contribution in [3.63, 3.8) is 0 Å². The lowest BCUT2D eigenvalue weighted by Crippen LogP contribution is -1.91. The fourth-order valence-electron chi connectivity index (χ4n) is 1.06. The monoisotopic (exact) mass is 231 g/mol. The van der Waals surface area contributed by atoms with Gasteiger partial charge in [0.1, 0.15) is 5.82 Å². The van der Waals surface area contributed by atoms with Crippen LogP contribution in [0.3, 0.4) is 0 Å². The Labute approximate surface area is 86.4 Å². The highest BCUT2D eigenvalue weighted by atomic mass is 32.1. The summed E-state index contributed by atoms with van der Waals surface area (Å²) in [7, 11) is 0. The lowest BCUT2D eigenvalue weighted by molar-refractivity contribution is 0.497. The molecule has 0 bridgehead atoms. The largest absolute Gasteiger partial charge is 0.374 e. The molecule has 0 fully saturated rings. The molecule has 0 saturated heterocycles. The lowest BCUT2D eigenvalue weighted by atomic mass is 10.2. The summed E-state index contributed by atoms with van der Waals surface area (Å²) in [5, 5.41) is 7.08. The molecule has 0 radical (unpaired) electrons. The minimum atomic E-state index is -1.27. The van der Waals surface area contributed by atoms with Crippen LogP contribution in [0.5, 0.6) is 0 Å². The van der Waals surface area contributed by atoms with Crippen LogP contribution in [0.25, 0.3) is 10.6 Å². The highest BCUT2D eigenvalue weighted by Crippen LogP contribution is 2.28. The second-order valence-electron chi connectivity index (χ2n) is 2.69. The molecule has 1 aromatic carbocycles. The second kappa shape index (κ2) is 3.50. The molecule has 0 saturated carbocycles. The molecule has 0 amide bonds. The van der Waals surface area contributed by atoms with Crippen LogP contribution in [0, 0.1) is 17.5 Å². The van der Waals surface area contributed by atoms with E-state index in [4.69, 9.17) is 5.73 Å². The highest BCUT2D eigenvalue weighted by molar-refractivity contribution is 7.18. The first-order valence-corrected chi connectivity index (χ1v) is 4.63. The van der Waals surface area contributed by atoms with Crippen molar-refractivity contribution in [2.75, 3.05) is 5.73 Å².